The molecule has 0 radical (unpaired) electrons. The van der Waals surface area contributed by atoms with E-state index in [2.05, 4.69) is 20.8 Å². The molecule has 9 heteroatoms. The summed E-state index contributed by atoms with van der Waals surface area (Å²) in [6, 6.07) is 5.41. The van der Waals surface area contributed by atoms with E-state index in [9.17, 15) is 9.59 Å². The predicted molar refractivity (Wildman–Crippen MR) is 95.5 cm³/mol. The van der Waals surface area contributed by atoms with Gasteiger partial charge in [-0.05, 0) is 48.4 Å². The SMILES string of the molecule is CC(Sc1nnnn1C1CCCC1)C(=O)c1ccc2c(c1)NC(=O)CO2. The number of aromatic nitrogens is 4. The minimum atomic E-state index is -0.348. The third kappa shape index (κ3) is 3.31. The fraction of sp³-hybridized carbons (Fsp3) is 0.471. The summed E-state index contributed by atoms with van der Waals surface area (Å²) in [5.41, 5.74) is 1.05. The van der Waals surface area contributed by atoms with E-state index in [1.165, 1.54) is 24.6 Å². The van der Waals surface area contributed by atoms with Crippen LogP contribution in [0.15, 0.2) is 23.4 Å². The lowest BCUT2D eigenvalue weighted by atomic mass is 10.1. The number of carbonyl (C=O) groups excluding carboxylic acids is 2. The normalized spacial score (nSPS) is 18.1. The minimum absolute atomic E-state index is 0.00360. The van der Waals surface area contributed by atoms with Crippen molar-refractivity contribution in [1.82, 2.24) is 20.2 Å². The summed E-state index contributed by atoms with van der Waals surface area (Å²) in [6.07, 6.45) is 4.52. The van der Waals surface area contributed by atoms with Crippen molar-refractivity contribution >= 4 is 29.1 Å². The number of tetrazole rings is 1. The first kappa shape index (κ1) is 17.0. The molecule has 1 aliphatic carbocycles. The van der Waals surface area contributed by atoms with E-state index in [0.717, 1.165) is 12.8 Å². The number of ether oxygens (including phenoxy) is 1. The molecule has 1 aromatic carbocycles. The maximum absolute atomic E-state index is 12.8. The van der Waals surface area contributed by atoms with Crippen molar-refractivity contribution in [2.24, 2.45) is 0 Å². The Morgan fingerprint density at radius 3 is 3.00 bits per heavy atom. The molecular weight excluding hydrogens is 354 g/mol. The van der Waals surface area contributed by atoms with Gasteiger partial charge in [0.15, 0.2) is 12.4 Å². The van der Waals surface area contributed by atoms with Crippen LogP contribution in [-0.4, -0.2) is 43.8 Å². The van der Waals surface area contributed by atoms with Crippen molar-refractivity contribution in [3.63, 3.8) is 0 Å². The van der Waals surface area contributed by atoms with E-state index in [1.54, 1.807) is 18.2 Å². The molecule has 1 saturated carbocycles. The molecule has 2 aliphatic rings. The summed E-state index contributed by atoms with van der Waals surface area (Å²) < 4.78 is 7.18. The van der Waals surface area contributed by atoms with Gasteiger partial charge in [0.05, 0.1) is 17.0 Å². The van der Waals surface area contributed by atoms with Crippen LogP contribution in [0.4, 0.5) is 5.69 Å². The van der Waals surface area contributed by atoms with Gasteiger partial charge >= 0.3 is 0 Å². The molecule has 1 N–H and O–H groups in total. The number of nitrogens with zero attached hydrogens (tertiary/aromatic N) is 4. The van der Waals surface area contributed by atoms with Gasteiger partial charge in [-0.3, -0.25) is 9.59 Å². The van der Waals surface area contributed by atoms with Crippen LogP contribution >= 0.6 is 11.8 Å². The summed E-state index contributed by atoms with van der Waals surface area (Å²) in [5.74, 6) is 0.311. The quantitative estimate of drug-likeness (QED) is 0.635. The van der Waals surface area contributed by atoms with Crippen molar-refractivity contribution in [2.45, 2.75) is 49.1 Å². The van der Waals surface area contributed by atoms with Gasteiger partial charge < -0.3 is 10.1 Å². The van der Waals surface area contributed by atoms with Gasteiger partial charge in [-0.2, -0.15) is 0 Å². The third-order valence-electron chi connectivity index (χ3n) is 4.68. The van der Waals surface area contributed by atoms with Gasteiger partial charge in [0.2, 0.25) is 5.16 Å². The lowest BCUT2D eigenvalue weighted by molar-refractivity contribution is -0.118. The topological polar surface area (TPSA) is 99.0 Å². The van der Waals surface area contributed by atoms with Gasteiger partial charge in [0.25, 0.3) is 5.91 Å². The lowest BCUT2D eigenvalue weighted by Gasteiger charge is -2.19. The van der Waals surface area contributed by atoms with Crippen LogP contribution in [0.2, 0.25) is 0 Å². The Labute approximate surface area is 154 Å². The highest BCUT2D eigenvalue weighted by Crippen LogP contribution is 2.34. The molecule has 1 unspecified atom stereocenters. The first-order valence-corrected chi connectivity index (χ1v) is 9.55. The molecule has 2 aromatic rings. The molecule has 4 rings (SSSR count). The standard InChI is InChI=1S/C17H19N5O3S/c1-10(26-17-19-20-21-22(17)12-4-2-3-5-12)16(24)11-6-7-14-13(8-11)18-15(23)9-25-14/h6-8,10,12H,2-5,9H2,1H3,(H,18,23). The fourth-order valence-corrected chi connectivity index (χ4v) is 4.26. The number of amides is 1. The zero-order chi connectivity index (χ0) is 18.1. The summed E-state index contributed by atoms with van der Waals surface area (Å²) in [6.45, 7) is 1.84. The lowest BCUT2D eigenvalue weighted by Crippen LogP contribution is -2.26. The highest BCUT2D eigenvalue weighted by atomic mass is 32.2. The third-order valence-corrected chi connectivity index (χ3v) is 5.73. The molecule has 2 heterocycles. The van der Waals surface area contributed by atoms with E-state index >= 15 is 0 Å². The predicted octanol–water partition coefficient (Wildman–Crippen LogP) is 2.48. The smallest absolute Gasteiger partial charge is 0.262 e. The summed E-state index contributed by atoms with van der Waals surface area (Å²) >= 11 is 1.36. The van der Waals surface area contributed by atoms with Gasteiger partial charge in [-0.1, -0.05) is 24.6 Å². The van der Waals surface area contributed by atoms with Crippen molar-refractivity contribution < 1.29 is 14.3 Å². The molecule has 1 aliphatic heterocycles. The van der Waals surface area contributed by atoms with Crippen molar-refractivity contribution in [3.8, 4) is 5.75 Å². The van der Waals surface area contributed by atoms with Crippen LogP contribution < -0.4 is 10.1 Å². The van der Waals surface area contributed by atoms with Crippen LogP contribution in [0.1, 0.15) is 49.0 Å². The first-order valence-electron chi connectivity index (χ1n) is 8.67. The second-order valence-electron chi connectivity index (χ2n) is 6.52. The van der Waals surface area contributed by atoms with Crippen molar-refractivity contribution in [2.75, 3.05) is 11.9 Å². The zero-order valence-electron chi connectivity index (χ0n) is 14.3. The van der Waals surface area contributed by atoms with Crippen LogP contribution in [-0.2, 0) is 4.79 Å². The second kappa shape index (κ2) is 7.06. The molecule has 1 aromatic heterocycles. The number of thioether (sulfide) groups is 1. The Morgan fingerprint density at radius 1 is 1.38 bits per heavy atom. The van der Waals surface area contributed by atoms with Crippen LogP contribution in [0.3, 0.4) is 0 Å². The van der Waals surface area contributed by atoms with Gasteiger partial charge in [0.1, 0.15) is 5.75 Å². The van der Waals surface area contributed by atoms with E-state index in [0.29, 0.717) is 28.2 Å². The number of carbonyl (C=O) groups is 2. The van der Waals surface area contributed by atoms with Crippen molar-refractivity contribution in [3.05, 3.63) is 23.8 Å². The maximum atomic E-state index is 12.8. The monoisotopic (exact) mass is 373 g/mol. The zero-order valence-corrected chi connectivity index (χ0v) is 15.2. The van der Waals surface area contributed by atoms with Crippen molar-refractivity contribution in [1.29, 1.82) is 0 Å². The molecule has 1 atom stereocenters. The van der Waals surface area contributed by atoms with Crippen LogP contribution in [0.5, 0.6) is 5.75 Å². The Hall–Kier alpha value is -2.42. The number of anilines is 1. The van der Waals surface area contributed by atoms with Gasteiger partial charge in [-0.25, -0.2) is 4.68 Å². The molecular formula is C17H19N5O3S. The number of rotatable bonds is 5. The summed E-state index contributed by atoms with van der Waals surface area (Å²) in [7, 11) is 0. The number of benzene rings is 1. The van der Waals surface area contributed by atoms with E-state index < -0.39 is 0 Å². The molecule has 136 valence electrons. The van der Waals surface area contributed by atoms with Crippen LogP contribution in [0, 0.1) is 0 Å². The Bertz CT molecular complexity index is 847. The summed E-state index contributed by atoms with van der Waals surface area (Å²) in [4.78, 5) is 24.3. The molecule has 26 heavy (non-hydrogen) atoms. The average Bonchev–Trinajstić information content (AvgIpc) is 3.31. The number of fused-ring (bicyclic) bond motifs is 1. The number of Topliss-reactive ketones (excluding diaryl/α,β-unsaturated/α-hetero) is 1. The molecule has 0 saturated heterocycles. The van der Waals surface area contributed by atoms with Gasteiger partial charge in [0, 0.05) is 5.56 Å². The second-order valence-corrected chi connectivity index (χ2v) is 7.82. The Morgan fingerprint density at radius 2 is 2.19 bits per heavy atom. The van der Waals surface area contributed by atoms with E-state index in [-0.39, 0.29) is 23.5 Å². The van der Waals surface area contributed by atoms with E-state index in [1.807, 2.05) is 11.6 Å². The molecule has 1 fully saturated rings. The Kier molecular flexibility index (Phi) is 4.62. The molecule has 0 spiro atoms. The van der Waals surface area contributed by atoms with E-state index in [4.69, 9.17) is 4.74 Å². The highest BCUT2D eigenvalue weighted by Gasteiger charge is 2.26. The molecule has 1 amide bonds. The summed E-state index contributed by atoms with van der Waals surface area (Å²) in [5, 5.41) is 15.0. The first-order chi connectivity index (χ1) is 12.6. The van der Waals surface area contributed by atoms with Crippen LogP contribution in [0.25, 0.3) is 0 Å². The molecule has 8 nitrogen and oxygen atoms in total. The fourth-order valence-electron chi connectivity index (χ4n) is 3.32. The number of ketones is 1. The minimum Gasteiger partial charge on any atom is -0.482 e. The number of nitrogens with one attached hydrogen (secondary N) is 1. The maximum Gasteiger partial charge on any atom is 0.262 e. The average molecular weight is 373 g/mol. The number of hydrogen-bond acceptors (Lipinski definition) is 7. The number of hydrogen-bond donors (Lipinski definition) is 1. The largest absolute Gasteiger partial charge is 0.482 e. The van der Waals surface area contributed by atoms with Gasteiger partial charge in [-0.15, -0.1) is 5.10 Å². The molecule has 0 bridgehead atoms. The highest BCUT2D eigenvalue weighted by molar-refractivity contribution is 8.00. The Balaban J connectivity index is 1.49.